The molecular formula is C22H14Cl2N2O3. The van der Waals surface area contributed by atoms with Crippen molar-refractivity contribution in [1.82, 2.24) is 4.98 Å². The van der Waals surface area contributed by atoms with E-state index in [1.165, 1.54) is 6.26 Å². The van der Waals surface area contributed by atoms with Gasteiger partial charge in [0.05, 0.1) is 15.7 Å². The summed E-state index contributed by atoms with van der Waals surface area (Å²) in [5.41, 5.74) is 1.26. The first-order valence-electron chi connectivity index (χ1n) is 8.64. The maximum Gasteiger partial charge on any atom is 0.277 e. The predicted octanol–water partition coefficient (Wildman–Crippen LogP) is 6.69. The molecule has 4 aromatic rings. The highest BCUT2D eigenvalue weighted by atomic mass is 35.5. The van der Waals surface area contributed by atoms with Crippen LogP contribution in [0.15, 0.2) is 83.5 Å². The molecule has 0 bridgehead atoms. The first-order valence-corrected chi connectivity index (χ1v) is 9.40. The number of oxazole rings is 1. The topological polar surface area (TPSA) is 64.4 Å². The number of nitrogens with zero attached hydrogens (tertiary/aromatic N) is 1. The fraction of sp³-hybridized carbons (Fsp3) is 0. The second-order valence-corrected chi connectivity index (χ2v) is 6.85. The summed E-state index contributed by atoms with van der Waals surface area (Å²) < 4.78 is 11.3. The van der Waals surface area contributed by atoms with Crippen molar-refractivity contribution in [2.75, 3.05) is 5.32 Å². The molecule has 0 unspecified atom stereocenters. The average Bonchev–Trinajstić information content (AvgIpc) is 3.23. The predicted molar refractivity (Wildman–Crippen MR) is 113 cm³/mol. The summed E-state index contributed by atoms with van der Waals surface area (Å²) in [6.07, 6.45) is 1.29. The van der Waals surface area contributed by atoms with Crippen molar-refractivity contribution in [1.29, 1.82) is 0 Å². The van der Waals surface area contributed by atoms with E-state index in [0.717, 1.165) is 0 Å². The summed E-state index contributed by atoms with van der Waals surface area (Å²) in [7, 11) is 0. The number of para-hydroxylation sites is 3. The van der Waals surface area contributed by atoms with Crippen LogP contribution in [0.25, 0.3) is 11.5 Å². The summed E-state index contributed by atoms with van der Waals surface area (Å²) in [6, 6.07) is 21.4. The van der Waals surface area contributed by atoms with E-state index in [2.05, 4.69) is 10.3 Å². The Morgan fingerprint density at radius 1 is 0.931 bits per heavy atom. The molecule has 0 aliphatic carbocycles. The number of hydrogen-bond donors (Lipinski definition) is 1. The Morgan fingerprint density at radius 3 is 2.48 bits per heavy atom. The van der Waals surface area contributed by atoms with E-state index in [4.69, 9.17) is 32.4 Å². The van der Waals surface area contributed by atoms with Crippen LogP contribution in [0.4, 0.5) is 5.69 Å². The van der Waals surface area contributed by atoms with Gasteiger partial charge in [0.1, 0.15) is 12.0 Å². The number of hydrogen-bond acceptors (Lipinski definition) is 4. The molecule has 1 aromatic heterocycles. The van der Waals surface area contributed by atoms with Crippen LogP contribution in [0.1, 0.15) is 10.5 Å². The normalized spacial score (nSPS) is 10.6. The summed E-state index contributed by atoms with van der Waals surface area (Å²) in [6.45, 7) is 0. The average molecular weight is 425 g/mol. The highest BCUT2D eigenvalue weighted by Crippen LogP contribution is 2.30. The highest BCUT2D eigenvalue weighted by Gasteiger charge is 2.16. The Hall–Kier alpha value is -3.28. The van der Waals surface area contributed by atoms with Gasteiger partial charge < -0.3 is 14.5 Å². The van der Waals surface area contributed by atoms with Gasteiger partial charge in [0, 0.05) is 5.56 Å². The van der Waals surface area contributed by atoms with Crippen molar-refractivity contribution in [3.8, 4) is 23.0 Å². The molecule has 4 rings (SSSR count). The van der Waals surface area contributed by atoms with Crippen LogP contribution in [-0.2, 0) is 0 Å². The van der Waals surface area contributed by atoms with E-state index in [1.54, 1.807) is 36.4 Å². The molecule has 0 saturated carbocycles. The number of amides is 1. The number of halogens is 2. The fourth-order valence-electron chi connectivity index (χ4n) is 2.60. The SMILES string of the molecule is O=C(Nc1ccccc1Oc1ccccc1)c1coc(-c2ccc(Cl)c(Cl)c2)n1. The van der Waals surface area contributed by atoms with E-state index >= 15 is 0 Å². The Kier molecular flexibility index (Phi) is 5.51. The zero-order valence-corrected chi connectivity index (χ0v) is 16.4. The lowest BCUT2D eigenvalue weighted by molar-refractivity contribution is 0.102. The second kappa shape index (κ2) is 8.39. The molecule has 0 spiro atoms. The van der Waals surface area contributed by atoms with Gasteiger partial charge in [0.25, 0.3) is 5.91 Å². The van der Waals surface area contributed by atoms with Gasteiger partial charge in [-0.3, -0.25) is 4.79 Å². The first kappa shape index (κ1) is 19.1. The number of anilines is 1. The zero-order valence-electron chi connectivity index (χ0n) is 14.9. The second-order valence-electron chi connectivity index (χ2n) is 6.03. The number of rotatable bonds is 5. The minimum atomic E-state index is -0.427. The van der Waals surface area contributed by atoms with Gasteiger partial charge in [-0.2, -0.15) is 0 Å². The molecule has 1 N–H and O–H groups in total. The summed E-state index contributed by atoms with van der Waals surface area (Å²) in [5, 5.41) is 3.60. The minimum absolute atomic E-state index is 0.126. The maximum absolute atomic E-state index is 12.6. The third-order valence-electron chi connectivity index (χ3n) is 4.01. The lowest BCUT2D eigenvalue weighted by Crippen LogP contribution is -2.13. The molecule has 144 valence electrons. The maximum atomic E-state index is 12.6. The molecule has 29 heavy (non-hydrogen) atoms. The number of carbonyl (C=O) groups is 1. The Bertz CT molecular complexity index is 1160. The Morgan fingerprint density at radius 2 is 1.69 bits per heavy atom. The third-order valence-corrected chi connectivity index (χ3v) is 4.75. The smallest absolute Gasteiger partial charge is 0.277 e. The molecule has 0 radical (unpaired) electrons. The Labute approximate surface area is 176 Å². The number of benzene rings is 3. The van der Waals surface area contributed by atoms with Gasteiger partial charge in [0.2, 0.25) is 5.89 Å². The molecular weight excluding hydrogens is 411 g/mol. The van der Waals surface area contributed by atoms with Crippen LogP contribution in [-0.4, -0.2) is 10.9 Å². The highest BCUT2D eigenvalue weighted by molar-refractivity contribution is 6.42. The number of nitrogens with one attached hydrogen (secondary N) is 1. The van der Waals surface area contributed by atoms with Crippen LogP contribution >= 0.6 is 23.2 Å². The summed E-state index contributed by atoms with van der Waals surface area (Å²) in [5.74, 6) is 1.02. The van der Waals surface area contributed by atoms with Crippen molar-refractivity contribution in [2.45, 2.75) is 0 Å². The van der Waals surface area contributed by atoms with E-state index < -0.39 is 5.91 Å². The Balaban J connectivity index is 1.53. The molecule has 3 aromatic carbocycles. The van der Waals surface area contributed by atoms with Crippen molar-refractivity contribution in [3.05, 3.63) is 94.8 Å². The molecule has 1 heterocycles. The van der Waals surface area contributed by atoms with Gasteiger partial charge in [-0.05, 0) is 42.5 Å². The van der Waals surface area contributed by atoms with E-state index in [0.29, 0.717) is 32.8 Å². The number of aromatic nitrogens is 1. The van der Waals surface area contributed by atoms with Gasteiger partial charge in [0.15, 0.2) is 11.4 Å². The van der Waals surface area contributed by atoms with Crippen molar-refractivity contribution in [2.24, 2.45) is 0 Å². The number of ether oxygens (including phenoxy) is 1. The van der Waals surface area contributed by atoms with Gasteiger partial charge >= 0.3 is 0 Å². The molecule has 0 fully saturated rings. The van der Waals surface area contributed by atoms with Gasteiger partial charge in [-0.15, -0.1) is 0 Å². The van der Waals surface area contributed by atoms with E-state index in [-0.39, 0.29) is 11.6 Å². The summed E-state index contributed by atoms with van der Waals surface area (Å²) >= 11 is 12.0. The lowest BCUT2D eigenvalue weighted by Gasteiger charge is -2.11. The van der Waals surface area contributed by atoms with Crippen molar-refractivity contribution < 1.29 is 13.9 Å². The largest absolute Gasteiger partial charge is 0.455 e. The summed E-state index contributed by atoms with van der Waals surface area (Å²) in [4.78, 5) is 16.9. The molecule has 0 aliphatic heterocycles. The molecule has 0 atom stereocenters. The molecule has 1 amide bonds. The zero-order chi connectivity index (χ0) is 20.2. The van der Waals surface area contributed by atoms with E-state index in [1.807, 2.05) is 36.4 Å². The monoisotopic (exact) mass is 424 g/mol. The van der Waals surface area contributed by atoms with Crippen LogP contribution in [0, 0.1) is 0 Å². The third kappa shape index (κ3) is 4.42. The first-order chi connectivity index (χ1) is 14.1. The molecule has 0 aliphatic rings. The number of carbonyl (C=O) groups excluding carboxylic acids is 1. The molecule has 7 heteroatoms. The molecule has 5 nitrogen and oxygen atoms in total. The minimum Gasteiger partial charge on any atom is -0.455 e. The quantitative estimate of drug-likeness (QED) is 0.387. The van der Waals surface area contributed by atoms with Crippen LogP contribution in [0.2, 0.25) is 10.0 Å². The lowest BCUT2D eigenvalue weighted by atomic mass is 10.2. The van der Waals surface area contributed by atoms with E-state index in [9.17, 15) is 4.79 Å². The van der Waals surface area contributed by atoms with Crippen LogP contribution in [0.5, 0.6) is 11.5 Å². The van der Waals surface area contributed by atoms with Gasteiger partial charge in [-0.25, -0.2) is 4.98 Å². The van der Waals surface area contributed by atoms with Crippen LogP contribution in [0.3, 0.4) is 0 Å². The van der Waals surface area contributed by atoms with Crippen molar-refractivity contribution >= 4 is 34.8 Å². The fourth-order valence-corrected chi connectivity index (χ4v) is 2.90. The van der Waals surface area contributed by atoms with Crippen molar-refractivity contribution in [3.63, 3.8) is 0 Å². The van der Waals surface area contributed by atoms with Gasteiger partial charge in [-0.1, -0.05) is 53.5 Å². The van der Waals surface area contributed by atoms with Crippen LogP contribution < -0.4 is 10.1 Å². The molecule has 0 saturated heterocycles. The standard InChI is InChI=1S/C22H14Cl2N2O3/c23-16-11-10-14(12-17(16)24)22-26-19(13-28-22)21(27)25-18-8-4-5-9-20(18)29-15-6-2-1-3-7-15/h1-13H,(H,25,27).